The molecule has 2 N–H and O–H groups in total. The molecule has 1 saturated heterocycles. The molecule has 1 aromatic rings. The highest BCUT2D eigenvalue weighted by molar-refractivity contribution is 5.91. The molecule has 1 unspecified atom stereocenters. The van der Waals surface area contributed by atoms with Gasteiger partial charge in [0.1, 0.15) is 5.54 Å². The lowest BCUT2D eigenvalue weighted by atomic mass is 9.67. The summed E-state index contributed by atoms with van der Waals surface area (Å²) >= 11 is 0. The molecule has 4 nitrogen and oxygen atoms in total. The molecule has 1 amide bonds. The van der Waals surface area contributed by atoms with Crippen molar-refractivity contribution >= 4 is 5.91 Å². The maximum Gasteiger partial charge on any atom is 0.231 e. The molecular formula is C15H19NO3. The van der Waals surface area contributed by atoms with Crippen LogP contribution in [0.1, 0.15) is 30.0 Å². The molecule has 2 aliphatic rings. The molecule has 0 aromatic heterocycles. The Labute approximate surface area is 112 Å². The SMILES string of the molecule is Cc1ccc2c(c1)C(C)(CCO)C(=O)NC21COC1. The molecule has 0 bridgehead atoms. The van der Waals surface area contributed by atoms with Crippen molar-refractivity contribution < 1.29 is 14.6 Å². The second kappa shape index (κ2) is 4.05. The number of hydrogen-bond acceptors (Lipinski definition) is 3. The Kier molecular flexibility index (Phi) is 2.69. The molecule has 1 aromatic carbocycles. The van der Waals surface area contributed by atoms with Crippen molar-refractivity contribution in [3.63, 3.8) is 0 Å². The number of hydrogen-bond donors (Lipinski definition) is 2. The summed E-state index contributed by atoms with van der Waals surface area (Å²) in [6.45, 7) is 4.99. The zero-order chi connectivity index (χ0) is 13.7. The molecule has 2 heterocycles. The maximum atomic E-state index is 12.5. The fourth-order valence-corrected chi connectivity index (χ4v) is 3.08. The van der Waals surface area contributed by atoms with Crippen LogP contribution < -0.4 is 5.32 Å². The third-order valence-electron chi connectivity index (χ3n) is 4.45. The largest absolute Gasteiger partial charge is 0.396 e. The van der Waals surface area contributed by atoms with Crippen LogP contribution in [-0.4, -0.2) is 30.8 Å². The van der Waals surface area contributed by atoms with Gasteiger partial charge in [0, 0.05) is 6.61 Å². The van der Waals surface area contributed by atoms with Gasteiger partial charge in [0.25, 0.3) is 0 Å². The van der Waals surface area contributed by atoms with Crippen LogP contribution in [0.15, 0.2) is 18.2 Å². The number of rotatable bonds is 2. The Morgan fingerprint density at radius 2 is 2.11 bits per heavy atom. The summed E-state index contributed by atoms with van der Waals surface area (Å²) in [7, 11) is 0. The van der Waals surface area contributed by atoms with E-state index in [1.54, 1.807) is 0 Å². The zero-order valence-corrected chi connectivity index (χ0v) is 11.3. The summed E-state index contributed by atoms with van der Waals surface area (Å²) in [6, 6.07) is 6.22. The van der Waals surface area contributed by atoms with Crippen molar-refractivity contribution in [2.45, 2.75) is 31.2 Å². The highest BCUT2D eigenvalue weighted by atomic mass is 16.5. The number of amides is 1. The van der Waals surface area contributed by atoms with Crippen molar-refractivity contribution in [1.82, 2.24) is 5.32 Å². The van der Waals surface area contributed by atoms with E-state index >= 15 is 0 Å². The Bertz CT molecular complexity index is 536. The lowest BCUT2D eigenvalue weighted by molar-refractivity contribution is -0.142. The van der Waals surface area contributed by atoms with Crippen LogP contribution in [0.5, 0.6) is 0 Å². The summed E-state index contributed by atoms with van der Waals surface area (Å²) in [5.41, 5.74) is 2.30. The third-order valence-corrected chi connectivity index (χ3v) is 4.45. The monoisotopic (exact) mass is 261 g/mol. The number of aryl methyl sites for hydroxylation is 1. The van der Waals surface area contributed by atoms with Gasteiger partial charge in [-0.15, -0.1) is 0 Å². The van der Waals surface area contributed by atoms with Gasteiger partial charge in [0.2, 0.25) is 5.91 Å². The quantitative estimate of drug-likeness (QED) is 0.834. The number of carbonyl (C=O) groups is 1. The molecule has 1 spiro atoms. The van der Waals surface area contributed by atoms with Gasteiger partial charge in [-0.2, -0.15) is 0 Å². The lowest BCUT2D eigenvalue weighted by Crippen LogP contribution is -2.66. The van der Waals surface area contributed by atoms with E-state index < -0.39 is 5.41 Å². The van der Waals surface area contributed by atoms with Crippen molar-refractivity contribution in [2.24, 2.45) is 0 Å². The van der Waals surface area contributed by atoms with Crippen LogP contribution in [0, 0.1) is 6.92 Å². The summed E-state index contributed by atoms with van der Waals surface area (Å²) in [6.07, 6.45) is 0.437. The van der Waals surface area contributed by atoms with E-state index in [4.69, 9.17) is 4.74 Å². The van der Waals surface area contributed by atoms with Gasteiger partial charge < -0.3 is 15.2 Å². The second-order valence-electron chi connectivity index (χ2n) is 5.88. The molecule has 4 heteroatoms. The maximum absolute atomic E-state index is 12.5. The molecule has 0 saturated carbocycles. The summed E-state index contributed by atoms with van der Waals surface area (Å²) in [5.74, 6) is -0.0112. The minimum absolute atomic E-state index is 0.000796. The molecule has 1 fully saturated rings. The molecule has 1 atom stereocenters. The highest BCUT2D eigenvalue weighted by Gasteiger charge is 2.53. The lowest BCUT2D eigenvalue weighted by Gasteiger charge is -2.50. The van der Waals surface area contributed by atoms with E-state index in [1.807, 2.05) is 13.8 Å². The smallest absolute Gasteiger partial charge is 0.231 e. The first-order valence-electron chi connectivity index (χ1n) is 6.65. The van der Waals surface area contributed by atoms with Crippen LogP contribution in [0.3, 0.4) is 0 Å². The van der Waals surface area contributed by atoms with Gasteiger partial charge in [-0.1, -0.05) is 23.8 Å². The number of aliphatic hydroxyl groups excluding tert-OH is 1. The molecular weight excluding hydrogens is 242 g/mol. The van der Waals surface area contributed by atoms with Gasteiger partial charge in [0.05, 0.1) is 18.6 Å². The summed E-state index contributed by atoms with van der Waals surface area (Å²) in [5, 5.41) is 12.4. The average Bonchev–Trinajstić information content (AvgIpc) is 2.33. The van der Waals surface area contributed by atoms with E-state index in [-0.39, 0.29) is 18.1 Å². The topological polar surface area (TPSA) is 58.6 Å². The Hall–Kier alpha value is -1.39. The van der Waals surface area contributed by atoms with Crippen molar-refractivity contribution in [2.75, 3.05) is 19.8 Å². The van der Waals surface area contributed by atoms with Crippen LogP contribution >= 0.6 is 0 Å². The van der Waals surface area contributed by atoms with Gasteiger partial charge in [-0.05, 0) is 31.4 Å². The first kappa shape index (κ1) is 12.6. The first-order chi connectivity index (χ1) is 9.02. The first-order valence-corrected chi connectivity index (χ1v) is 6.65. The predicted octanol–water partition coefficient (Wildman–Crippen LogP) is 0.990. The van der Waals surface area contributed by atoms with Crippen LogP contribution in [-0.2, 0) is 20.5 Å². The fraction of sp³-hybridized carbons (Fsp3) is 0.533. The standard InChI is InChI=1S/C15H19NO3/c1-10-3-4-11-12(7-10)14(2,5-6-17)13(18)16-15(11)8-19-9-15/h3-4,7,17H,5-6,8-9H2,1-2H3,(H,16,18). The number of carbonyl (C=O) groups excluding carboxylic acids is 1. The normalized spacial score (nSPS) is 27.6. The number of fused-ring (bicyclic) bond motifs is 2. The van der Waals surface area contributed by atoms with Crippen LogP contribution in [0.4, 0.5) is 0 Å². The molecule has 0 aliphatic carbocycles. The number of benzene rings is 1. The molecule has 2 aliphatic heterocycles. The van der Waals surface area contributed by atoms with Crippen LogP contribution in [0.2, 0.25) is 0 Å². The number of aliphatic hydroxyl groups is 1. The average molecular weight is 261 g/mol. The minimum atomic E-state index is -0.656. The second-order valence-corrected chi connectivity index (χ2v) is 5.88. The molecule has 0 radical (unpaired) electrons. The van der Waals surface area contributed by atoms with Gasteiger partial charge in [0.15, 0.2) is 0 Å². The Morgan fingerprint density at radius 1 is 1.37 bits per heavy atom. The van der Waals surface area contributed by atoms with Gasteiger partial charge in [-0.3, -0.25) is 4.79 Å². The van der Waals surface area contributed by atoms with E-state index in [2.05, 4.69) is 23.5 Å². The van der Waals surface area contributed by atoms with Gasteiger partial charge in [-0.25, -0.2) is 0 Å². The summed E-state index contributed by atoms with van der Waals surface area (Å²) < 4.78 is 5.32. The summed E-state index contributed by atoms with van der Waals surface area (Å²) in [4.78, 5) is 12.5. The van der Waals surface area contributed by atoms with Gasteiger partial charge >= 0.3 is 0 Å². The number of ether oxygens (including phenoxy) is 1. The van der Waals surface area contributed by atoms with Crippen molar-refractivity contribution in [1.29, 1.82) is 0 Å². The van der Waals surface area contributed by atoms with E-state index in [1.165, 1.54) is 0 Å². The molecule has 3 rings (SSSR count). The van der Waals surface area contributed by atoms with Crippen molar-refractivity contribution in [3.05, 3.63) is 34.9 Å². The third kappa shape index (κ3) is 1.63. The number of nitrogens with one attached hydrogen (secondary N) is 1. The zero-order valence-electron chi connectivity index (χ0n) is 11.3. The van der Waals surface area contributed by atoms with Crippen LogP contribution in [0.25, 0.3) is 0 Å². The van der Waals surface area contributed by atoms with E-state index in [0.717, 1.165) is 16.7 Å². The minimum Gasteiger partial charge on any atom is -0.396 e. The van der Waals surface area contributed by atoms with E-state index in [9.17, 15) is 9.90 Å². The molecule has 102 valence electrons. The predicted molar refractivity (Wildman–Crippen MR) is 70.9 cm³/mol. The fourth-order valence-electron chi connectivity index (χ4n) is 3.08. The highest BCUT2D eigenvalue weighted by Crippen LogP contribution is 2.43. The Morgan fingerprint density at radius 3 is 2.68 bits per heavy atom. The molecule has 19 heavy (non-hydrogen) atoms. The van der Waals surface area contributed by atoms with E-state index in [0.29, 0.717) is 19.6 Å². The van der Waals surface area contributed by atoms with Crippen molar-refractivity contribution in [3.8, 4) is 0 Å². The Balaban J connectivity index is 2.19.